The van der Waals surface area contributed by atoms with E-state index in [9.17, 15) is 24.6 Å². The second-order valence-electron chi connectivity index (χ2n) is 7.12. The molecule has 2 aromatic carbocycles. The van der Waals surface area contributed by atoms with Crippen molar-refractivity contribution in [3.63, 3.8) is 0 Å². The molecule has 7 nitrogen and oxygen atoms in total. The minimum Gasteiger partial charge on any atom is -0.480 e. The number of aryl methyl sites for hydroxylation is 2. The highest BCUT2D eigenvalue weighted by molar-refractivity contribution is 6.02. The van der Waals surface area contributed by atoms with Crippen molar-refractivity contribution in [2.45, 2.75) is 37.8 Å². The van der Waals surface area contributed by atoms with Crippen molar-refractivity contribution in [3.05, 3.63) is 65.7 Å². The molecular formula is C22H25ClN2O5. The highest BCUT2D eigenvalue weighted by Crippen LogP contribution is 2.27. The van der Waals surface area contributed by atoms with Crippen molar-refractivity contribution < 1.29 is 24.6 Å². The number of halogens is 1. The number of rotatable bonds is 8. The molecule has 0 aromatic heterocycles. The Kier molecular flexibility index (Phi) is 8.38. The third-order valence-corrected chi connectivity index (χ3v) is 5.11. The van der Waals surface area contributed by atoms with Gasteiger partial charge in [-0.25, -0.2) is 0 Å². The fourth-order valence-corrected chi connectivity index (χ4v) is 3.65. The van der Waals surface area contributed by atoms with E-state index in [0.717, 1.165) is 11.1 Å². The first-order chi connectivity index (χ1) is 14.0. The van der Waals surface area contributed by atoms with Gasteiger partial charge in [-0.15, -0.1) is 12.4 Å². The number of fused-ring (bicyclic) bond motifs is 1. The van der Waals surface area contributed by atoms with E-state index in [1.54, 1.807) is 12.1 Å². The van der Waals surface area contributed by atoms with E-state index in [1.165, 1.54) is 4.90 Å². The van der Waals surface area contributed by atoms with Crippen LogP contribution in [0.25, 0.3) is 0 Å². The summed E-state index contributed by atoms with van der Waals surface area (Å²) in [6.45, 7) is -0.463. The van der Waals surface area contributed by atoms with Gasteiger partial charge in [-0.1, -0.05) is 48.5 Å². The normalized spacial score (nSPS) is 16.7. The first-order valence-corrected chi connectivity index (χ1v) is 9.59. The zero-order valence-corrected chi connectivity index (χ0v) is 17.2. The second-order valence-corrected chi connectivity index (χ2v) is 7.12. The third-order valence-electron chi connectivity index (χ3n) is 5.11. The van der Waals surface area contributed by atoms with Crippen molar-refractivity contribution in [2.75, 3.05) is 11.4 Å². The molecule has 0 saturated heterocycles. The van der Waals surface area contributed by atoms with Gasteiger partial charge in [-0.2, -0.15) is 0 Å². The monoisotopic (exact) mass is 432 g/mol. The van der Waals surface area contributed by atoms with Gasteiger partial charge in [-0.05, 0) is 42.9 Å². The average Bonchev–Trinajstić information content (AvgIpc) is 2.83. The van der Waals surface area contributed by atoms with E-state index in [0.29, 0.717) is 31.4 Å². The Morgan fingerprint density at radius 2 is 1.73 bits per heavy atom. The summed E-state index contributed by atoms with van der Waals surface area (Å²) < 4.78 is 0. The number of aliphatic carboxylic acids is 2. The Labute approximate surface area is 181 Å². The van der Waals surface area contributed by atoms with Gasteiger partial charge in [-0.3, -0.25) is 24.6 Å². The number of carboxylic acids is 2. The summed E-state index contributed by atoms with van der Waals surface area (Å²) in [5.74, 6) is -2.56. The van der Waals surface area contributed by atoms with Crippen LogP contribution in [-0.4, -0.2) is 46.7 Å². The highest BCUT2D eigenvalue weighted by atomic mass is 35.5. The van der Waals surface area contributed by atoms with Crippen LogP contribution in [0.3, 0.4) is 0 Å². The Morgan fingerprint density at radius 3 is 2.40 bits per heavy atom. The van der Waals surface area contributed by atoms with Crippen LogP contribution in [-0.2, 0) is 27.2 Å². The summed E-state index contributed by atoms with van der Waals surface area (Å²) >= 11 is 0. The molecule has 3 N–H and O–H groups in total. The standard InChI is InChI=1S/C22H24N2O5.ClH/c25-20(26)14-24-19-9-5-4-8-16(19)11-13-17(21(24)27)23-18(22(28)29)12-10-15-6-2-1-3-7-15;/h1-9,17-18,23H,10-14H2,(H,25,26)(H,28,29);1H/t17-,18?;/m0./s1. The highest BCUT2D eigenvalue weighted by Gasteiger charge is 2.34. The third kappa shape index (κ3) is 5.81. The van der Waals surface area contributed by atoms with Gasteiger partial charge in [0.15, 0.2) is 0 Å². The predicted molar refractivity (Wildman–Crippen MR) is 115 cm³/mol. The van der Waals surface area contributed by atoms with E-state index in [4.69, 9.17) is 0 Å². The molecule has 0 spiro atoms. The minimum absolute atomic E-state index is 0. The van der Waals surface area contributed by atoms with Crippen LogP contribution in [0.15, 0.2) is 54.6 Å². The summed E-state index contributed by atoms with van der Waals surface area (Å²) in [4.78, 5) is 37.4. The summed E-state index contributed by atoms with van der Waals surface area (Å²) in [5, 5.41) is 21.9. The Bertz CT molecular complexity index is 890. The lowest BCUT2D eigenvalue weighted by atomic mass is 10.0. The molecule has 3 rings (SSSR count). The van der Waals surface area contributed by atoms with Crippen molar-refractivity contribution in [1.82, 2.24) is 5.32 Å². The molecule has 0 fully saturated rings. The average molecular weight is 433 g/mol. The molecule has 30 heavy (non-hydrogen) atoms. The van der Waals surface area contributed by atoms with Gasteiger partial charge in [0.25, 0.3) is 0 Å². The number of anilines is 1. The molecule has 1 unspecified atom stereocenters. The zero-order valence-electron chi connectivity index (χ0n) is 16.4. The number of nitrogens with zero attached hydrogens (tertiary/aromatic N) is 1. The van der Waals surface area contributed by atoms with Gasteiger partial charge in [0, 0.05) is 5.69 Å². The van der Waals surface area contributed by atoms with E-state index in [1.807, 2.05) is 42.5 Å². The zero-order chi connectivity index (χ0) is 20.8. The molecule has 0 bridgehead atoms. The maximum atomic E-state index is 13.1. The van der Waals surface area contributed by atoms with Crippen LogP contribution in [0.5, 0.6) is 0 Å². The largest absolute Gasteiger partial charge is 0.480 e. The van der Waals surface area contributed by atoms with Crippen LogP contribution in [0.2, 0.25) is 0 Å². The molecule has 1 amide bonds. The number of hydrogen-bond donors (Lipinski definition) is 3. The van der Waals surface area contributed by atoms with E-state index in [-0.39, 0.29) is 12.4 Å². The summed E-state index contributed by atoms with van der Waals surface area (Å²) in [7, 11) is 0. The van der Waals surface area contributed by atoms with Gasteiger partial charge in [0.2, 0.25) is 5.91 Å². The van der Waals surface area contributed by atoms with Crippen molar-refractivity contribution in [2.24, 2.45) is 0 Å². The molecule has 2 aromatic rings. The van der Waals surface area contributed by atoms with Gasteiger partial charge in [0.05, 0.1) is 6.04 Å². The molecule has 2 atom stereocenters. The minimum atomic E-state index is -1.12. The quantitative estimate of drug-likeness (QED) is 0.591. The van der Waals surface area contributed by atoms with Crippen molar-refractivity contribution in [1.29, 1.82) is 0 Å². The Balaban J connectivity index is 0.00000320. The number of benzene rings is 2. The van der Waals surface area contributed by atoms with E-state index < -0.39 is 36.5 Å². The van der Waals surface area contributed by atoms with Gasteiger partial charge < -0.3 is 10.2 Å². The molecule has 1 heterocycles. The fraction of sp³-hybridized carbons (Fsp3) is 0.318. The molecule has 0 radical (unpaired) electrons. The molecule has 8 heteroatoms. The lowest BCUT2D eigenvalue weighted by molar-refractivity contribution is -0.140. The second kappa shape index (κ2) is 10.8. The van der Waals surface area contributed by atoms with Crippen molar-refractivity contribution >= 4 is 35.9 Å². The number of carbonyl (C=O) groups is 3. The maximum Gasteiger partial charge on any atom is 0.323 e. The molecule has 1 aliphatic heterocycles. The van der Waals surface area contributed by atoms with Crippen LogP contribution < -0.4 is 10.2 Å². The van der Waals surface area contributed by atoms with Crippen molar-refractivity contribution in [3.8, 4) is 0 Å². The smallest absolute Gasteiger partial charge is 0.323 e. The van der Waals surface area contributed by atoms with E-state index in [2.05, 4.69) is 5.32 Å². The topological polar surface area (TPSA) is 107 Å². The lowest BCUT2D eigenvalue weighted by Crippen LogP contribution is -2.52. The summed E-state index contributed by atoms with van der Waals surface area (Å²) in [6.07, 6.45) is 1.85. The summed E-state index contributed by atoms with van der Waals surface area (Å²) in [5.41, 5.74) is 2.47. The molecular weight excluding hydrogens is 408 g/mol. The molecule has 1 aliphatic rings. The number of para-hydroxylation sites is 1. The first-order valence-electron chi connectivity index (χ1n) is 9.59. The first kappa shape index (κ1) is 23.4. The molecule has 0 aliphatic carbocycles. The summed E-state index contributed by atoms with van der Waals surface area (Å²) in [6, 6.07) is 15.1. The predicted octanol–water partition coefficient (Wildman–Crippen LogP) is 2.52. The fourth-order valence-electron chi connectivity index (χ4n) is 3.65. The number of carbonyl (C=O) groups excluding carboxylic acids is 1. The van der Waals surface area contributed by atoms with Crippen LogP contribution in [0.4, 0.5) is 5.69 Å². The molecule has 160 valence electrons. The SMILES string of the molecule is Cl.O=C(O)CN1C(=O)[C@@H](NC(CCc2ccccc2)C(=O)O)CCc2ccccc21. The van der Waals surface area contributed by atoms with E-state index >= 15 is 0 Å². The lowest BCUT2D eigenvalue weighted by Gasteiger charge is -2.26. The Morgan fingerprint density at radius 1 is 1.07 bits per heavy atom. The van der Waals surface area contributed by atoms with Gasteiger partial charge in [0.1, 0.15) is 12.6 Å². The number of carboxylic acid groups (broad SMARTS) is 2. The molecule has 0 saturated carbocycles. The maximum absolute atomic E-state index is 13.1. The number of amides is 1. The Hall–Kier alpha value is -2.90. The van der Waals surface area contributed by atoms with Crippen LogP contribution in [0, 0.1) is 0 Å². The van der Waals surface area contributed by atoms with Gasteiger partial charge >= 0.3 is 11.9 Å². The van der Waals surface area contributed by atoms with Crippen LogP contribution >= 0.6 is 12.4 Å². The number of nitrogens with one attached hydrogen (secondary N) is 1. The van der Waals surface area contributed by atoms with Crippen LogP contribution in [0.1, 0.15) is 24.0 Å². The number of hydrogen-bond acceptors (Lipinski definition) is 4.